The fourth-order valence-electron chi connectivity index (χ4n) is 1.70. The van der Waals surface area contributed by atoms with Crippen LogP contribution in [0.1, 0.15) is 32.3 Å². The maximum atomic E-state index is 9.73. The van der Waals surface area contributed by atoms with E-state index in [9.17, 15) is 5.11 Å². The highest BCUT2D eigenvalue weighted by molar-refractivity contribution is 5.57. The molecule has 78 valence electrons. The van der Waals surface area contributed by atoms with Crippen molar-refractivity contribution in [3.05, 3.63) is 23.8 Å². The first kappa shape index (κ1) is 10.9. The van der Waals surface area contributed by atoms with E-state index in [1.165, 1.54) is 0 Å². The van der Waals surface area contributed by atoms with Gasteiger partial charge in [0.2, 0.25) is 0 Å². The van der Waals surface area contributed by atoms with E-state index in [0.717, 1.165) is 12.8 Å². The van der Waals surface area contributed by atoms with Gasteiger partial charge >= 0.3 is 0 Å². The maximum absolute atomic E-state index is 9.73. The van der Waals surface area contributed by atoms with Crippen molar-refractivity contribution in [1.82, 2.24) is 0 Å². The third kappa shape index (κ3) is 1.68. The minimum Gasteiger partial charge on any atom is -0.508 e. The second-order valence-corrected chi connectivity index (χ2v) is 3.60. The molecule has 14 heavy (non-hydrogen) atoms. The fourth-order valence-corrected chi connectivity index (χ4v) is 1.70. The molecule has 0 radical (unpaired) electrons. The van der Waals surface area contributed by atoms with Gasteiger partial charge in [-0.1, -0.05) is 19.9 Å². The molecule has 0 amide bonds. The Labute approximate surface area is 84.7 Å². The Morgan fingerprint density at radius 1 is 1.29 bits per heavy atom. The summed E-state index contributed by atoms with van der Waals surface area (Å²) < 4.78 is 0. The lowest BCUT2D eigenvalue weighted by Crippen LogP contribution is -2.35. The summed E-state index contributed by atoms with van der Waals surface area (Å²) in [6.45, 7) is 3.99. The van der Waals surface area contributed by atoms with Gasteiger partial charge in [-0.05, 0) is 25.0 Å². The number of hydrogen-bond donors (Lipinski definition) is 3. The largest absolute Gasteiger partial charge is 0.508 e. The molecule has 0 heterocycles. The predicted molar refractivity (Wildman–Crippen MR) is 59.0 cm³/mol. The molecule has 0 saturated heterocycles. The van der Waals surface area contributed by atoms with Crippen molar-refractivity contribution in [3.8, 4) is 5.75 Å². The zero-order valence-corrected chi connectivity index (χ0v) is 8.75. The number of benzene rings is 1. The molecule has 1 rings (SSSR count). The van der Waals surface area contributed by atoms with Crippen LogP contribution in [0.5, 0.6) is 5.75 Å². The van der Waals surface area contributed by atoms with Crippen LogP contribution in [0.15, 0.2) is 18.2 Å². The lowest BCUT2D eigenvalue weighted by Gasteiger charge is -2.29. The molecule has 0 aromatic heterocycles. The Bertz CT molecular complexity index is 299. The fraction of sp³-hybridized carbons (Fsp3) is 0.455. The zero-order chi connectivity index (χ0) is 10.8. The van der Waals surface area contributed by atoms with E-state index < -0.39 is 5.54 Å². The molecule has 1 aromatic carbocycles. The summed E-state index contributed by atoms with van der Waals surface area (Å²) in [5.41, 5.74) is 12.7. The van der Waals surface area contributed by atoms with Gasteiger partial charge in [-0.25, -0.2) is 0 Å². The van der Waals surface area contributed by atoms with Gasteiger partial charge in [0.05, 0.1) is 0 Å². The normalized spacial score (nSPS) is 11.6. The third-order valence-electron chi connectivity index (χ3n) is 2.83. The van der Waals surface area contributed by atoms with Crippen LogP contribution in [-0.4, -0.2) is 5.11 Å². The van der Waals surface area contributed by atoms with Crippen LogP contribution in [0.2, 0.25) is 0 Å². The van der Waals surface area contributed by atoms with Crippen molar-refractivity contribution in [2.45, 2.75) is 32.2 Å². The molecule has 0 atom stereocenters. The molecule has 0 bridgehead atoms. The van der Waals surface area contributed by atoms with Gasteiger partial charge in [0, 0.05) is 16.8 Å². The quantitative estimate of drug-likeness (QED) is 0.644. The Kier molecular flexibility index (Phi) is 3.01. The Hall–Kier alpha value is -1.22. The topological polar surface area (TPSA) is 72.3 Å². The average Bonchev–Trinajstić information content (AvgIpc) is 2.17. The molecule has 0 fully saturated rings. The lowest BCUT2D eigenvalue weighted by atomic mass is 9.84. The van der Waals surface area contributed by atoms with Crippen molar-refractivity contribution in [2.24, 2.45) is 5.73 Å². The second kappa shape index (κ2) is 3.88. The highest BCUT2D eigenvalue weighted by atomic mass is 16.3. The first-order valence-corrected chi connectivity index (χ1v) is 4.92. The summed E-state index contributed by atoms with van der Waals surface area (Å²) in [5.74, 6) is 0.191. The number of hydrogen-bond acceptors (Lipinski definition) is 3. The number of rotatable bonds is 3. The smallest absolute Gasteiger partial charge is 0.122 e. The Morgan fingerprint density at radius 3 is 2.29 bits per heavy atom. The lowest BCUT2D eigenvalue weighted by molar-refractivity contribution is 0.382. The summed E-state index contributed by atoms with van der Waals surface area (Å²) in [4.78, 5) is 0. The average molecular weight is 194 g/mol. The first-order valence-electron chi connectivity index (χ1n) is 4.92. The second-order valence-electron chi connectivity index (χ2n) is 3.60. The van der Waals surface area contributed by atoms with Crippen LogP contribution in [0.3, 0.4) is 0 Å². The molecular weight excluding hydrogens is 176 g/mol. The number of aromatic hydroxyl groups is 1. The number of anilines is 1. The summed E-state index contributed by atoms with van der Waals surface area (Å²) in [6.07, 6.45) is 1.51. The van der Waals surface area contributed by atoms with E-state index in [0.29, 0.717) is 11.3 Å². The minimum atomic E-state index is -0.518. The number of phenols is 1. The van der Waals surface area contributed by atoms with Crippen molar-refractivity contribution < 1.29 is 5.11 Å². The van der Waals surface area contributed by atoms with E-state index in [-0.39, 0.29) is 5.75 Å². The Morgan fingerprint density at radius 2 is 1.86 bits per heavy atom. The van der Waals surface area contributed by atoms with Crippen LogP contribution in [0, 0.1) is 0 Å². The van der Waals surface area contributed by atoms with Gasteiger partial charge < -0.3 is 16.6 Å². The minimum absolute atomic E-state index is 0.191. The van der Waals surface area contributed by atoms with E-state index in [2.05, 4.69) is 0 Å². The SMILES string of the molecule is CCC(N)(CC)c1c(N)cccc1O. The standard InChI is InChI=1S/C11H18N2O/c1-3-11(13,4-2)10-8(12)6-5-7-9(10)14/h5-7,14H,3-4,12-13H2,1-2H3. The van der Waals surface area contributed by atoms with Crippen molar-refractivity contribution in [2.75, 3.05) is 5.73 Å². The number of nitrogen functional groups attached to an aromatic ring is 1. The molecule has 0 aliphatic heterocycles. The van der Waals surface area contributed by atoms with Gasteiger partial charge in [-0.3, -0.25) is 0 Å². The monoisotopic (exact) mass is 194 g/mol. The predicted octanol–water partition coefficient (Wildman–Crippen LogP) is 1.95. The van der Waals surface area contributed by atoms with Crippen LogP contribution in [-0.2, 0) is 5.54 Å². The van der Waals surface area contributed by atoms with Gasteiger partial charge in [0.15, 0.2) is 0 Å². The van der Waals surface area contributed by atoms with Crippen LogP contribution in [0.4, 0.5) is 5.69 Å². The third-order valence-corrected chi connectivity index (χ3v) is 2.83. The molecule has 0 saturated carbocycles. The summed E-state index contributed by atoms with van der Waals surface area (Å²) in [5, 5.41) is 9.73. The summed E-state index contributed by atoms with van der Waals surface area (Å²) in [7, 11) is 0. The molecule has 0 aliphatic rings. The highest BCUT2D eigenvalue weighted by Gasteiger charge is 2.28. The number of phenolic OH excluding ortho intramolecular Hbond substituents is 1. The molecule has 3 nitrogen and oxygen atoms in total. The van der Waals surface area contributed by atoms with Gasteiger partial charge in [0.25, 0.3) is 0 Å². The van der Waals surface area contributed by atoms with Crippen LogP contribution in [0.25, 0.3) is 0 Å². The van der Waals surface area contributed by atoms with Crippen molar-refractivity contribution in [1.29, 1.82) is 0 Å². The van der Waals surface area contributed by atoms with Gasteiger partial charge in [0.1, 0.15) is 5.75 Å². The molecule has 0 aliphatic carbocycles. The Balaban J connectivity index is 3.29. The highest BCUT2D eigenvalue weighted by Crippen LogP contribution is 2.36. The van der Waals surface area contributed by atoms with Crippen molar-refractivity contribution in [3.63, 3.8) is 0 Å². The number of nitrogens with two attached hydrogens (primary N) is 2. The molecule has 1 aromatic rings. The van der Waals surface area contributed by atoms with E-state index in [4.69, 9.17) is 11.5 Å². The van der Waals surface area contributed by atoms with E-state index in [1.807, 2.05) is 13.8 Å². The van der Waals surface area contributed by atoms with Gasteiger partial charge in [-0.15, -0.1) is 0 Å². The van der Waals surface area contributed by atoms with Crippen LogP contribution < -0.4 is 11.5 Å². The molecule has 0 spiro atoms. The molecule has 5 N–H and O–H groups in total. The van der Waals surface area contributed by atoms with Gasteiger partial charge in [-0.2, -0.15) is 0 Å². The van der Waals surface area contributed by atoms with Crippen molar-refractivity contribution >= 4 is 5.69 Å². The molecular formula is C11H18N2O. The molecule has 0 unspecified atom stereocenters. The summed E-state index contributed by atoms with van der Waals surface area (Å²) >= 11 is 0. The van der Waals surface area contributed by atoms with E-state index >= 15 is 0 Å². The maximum Gasteiger partial charge on any atom is 0.122 e. The summed E-state index contributed by atoms with van der Waals surface area (Å²) in [6, 6.07) is 5.11. The zero-order valence-electron chi connectivity index (χ0n) is 8.75. The first-order chi connectivity index (χ1) is 6.55. The molecule has 3 heteroatoms. The van der Waals surface area contributed by atoms with E-state index in [1.54, 1.807) is 18.2 Å². The van der Waals surface area contributed by atoms with Crippen LogP contribution >= 0.6 is 0 Å².